The van der Waals surface area contributed by atoms with Gasteiger partial charge in [0.2, 0.25) is 5.91 Å². The molecular formula is C7H12FNO. The molecule has 0 aromatic heterocycles. The molecule has 58 valence electrons. The molecule has 1 amide bonds. The van der Waals surface area contributed by atoms with Gasteiger partial charge in [-0.1, -0.05) is 13.3 Å². The van der Waals surface area contributed by atoms with Crippen LogP contribution >= 0.6 is 0 Å². The first kappa shape index (κ1) is 7.51. The summed E-state index contributed by atoms with van der Waals surface area (Å²) in [5.74, 6) is -0.0408. The highest BCUT2D eigenvalue weighted by molar-refractivity contribution is 5.82. The van der Waals surface area contributed by atoms with Crippen molar-refractivity contribution < 1.29 is 9.18 Å². The average molecular weight is 145 g/mol. The first-order valence-corrected chi connectivity index (χ1v) is 3.69. The monoisotopic (exact) mass is 145 g/mol. The van der Waals surface area contributed by atoms with Crippen LogP contribution < -0.4 is 0 Å². The summed E-state index contributed by atoms with van der Waals surface area (Å²) in [6, 6.07) is 0. The van der Waals surface area contributed by atoms with Crippen LogP contribution in [0.1, 0.15) is 26.2 Å². The summed E-state index contributed by atoms with van der Waals surface area (Å²) in [4.78, 5) is 11.9. The van der Waals surface area contributed by atoms with Crippen LogP contribution in [0.4, 0.5) is 4.39 Å². The van der Waals surface area contributed by atoms with Gasteiger partial charge in [0, 0.05) is 6.54 Å². The topological polar surface area (TPSA) is 20.3 Å². The van der Waals surface area contributed by atoms with Gasteiger partial charge in [0.05, 0.1) is 6.42 Å². The molecule has 0 saturated carbocycles. The molecule has 1 saturated heterocycles. The normalized spacial score (nSPS) is 24.8. The molecule has 0 aromatic rings. The van der Waals surface area contributed by atoms with Crippen molar-refractivity contribution in [3.63, 3.8) is 0 Å². The predicted octanol–water partition coefficient (Wildman–Crippen LogP) is 1.31. The third kappa shape index (κ3) is 1.28. The third-order valence-electron chi connectivity index (χ3n) is 1.75. The van der Waals surface area contributed by atoms with Crippen LogP contribution in [0.15, 0.2) is 0 Å². The summed E-state index contributed by atoms with van der Waals surface area (Å²) in [5.41, 5.74) is 0. The summed E-state index contributed by atoms with van der Waals surface area (Å²) in [6.07, 6.45) is 1.03. The minimum Gasteiger partial charge on any atom is -0.312 e. The highest BCUT2D eigenvalue weighted by atomic mass is 19.1. The number of rotatable bonds is 3. The fourth-order valence-corrected chi connectivity index (χ4v) is 1.01. The zero-order chi connectivity index (χ0) is 7.56. The minimum absolute atomic E-state index is 0.0408. The first-order chi connectivity index (χ1) is 4.75. The second-order valence-corrected chi connectivity index (χ2v) is 2.58. The Balaban J connectivity index is 2.20. The van der Waals surface area contributed by atoms with Gasteiger partial charge >= 0.3 is 0 Å². The lowest BCUT2D eigenvalue weighted by Gasteiger charge is -2.34. The van der Waals surface area contributed by atoms with Crippen molar-refractivity contribution in [3.8, 4) is 0 Å². The molecule has 3 heteroatoms. The molecule has 10 heavy (non-hydrogen) atoms. The number of carbonyl (C=O) groups is 1. The van der Waals surface area contributed by atoms with Crippen LogP contribution in [-0.4, -0.2) is 23.6 Å². The van der Waals surface area contributed by atoms with Gasteiger partial charge in [-0.25, -0.2) is 4.39 Å². The Labute approximate surface area is 60.0 Å². The SMILES string of the molecule is CCCCN1C(=O)CC1F. The Morgan fingerprint density at radius 3 is 2.90 bits per heavy atom. The lowest BCUT2D eigenvalue weighted by molar-refractivity contribution is -0.154. The largest absolute Gasteiger partial charge is 0.312 e. The maximum atomic E-state index is 12.5. The number of β-lactam (4-membered cyclic amide) rings is 1. The zero-order valence-electron chi connectivity index (χ0n) is 6.14. The summed E-state index contributed by atoms with van der Waals surface area (Å²) in [7, 11) is 0. The van der Waals surface area contributed by atoms with Crippen LogP contribution in [0.5, 0.6) is 0 Å². The van der Waals surface area contributed by atoms with Crippen LogP contribution in [0.3, 0.4) is 0 Å². The van der Waals surface area contributed by atoms with Gasteiger partial charge in [-0.2, -0.15) is 0 Å². The van der Waals surface area contributed by atoms with E-state index >= 15 is 0 Å². The van der Waals surface area contributed by atoms with E-state index in [1.165, 1.54) is 4.90 Å². The number of unbranched alkanes of at least 4 members (excludes halogenated alkanes) is 1. The van der Waals surface area contributed by atoms with Crippen LogP contribution in [0, 0.1) is 0 Å². The Kier molecular flexibility index (Phi) is 2.25. The standard InChI is InChI=1S/C7H12FNO/c1-2-3-4-9-6(8)5-7(9)10/h6H,2-5H2,1H3. The van der Waals surface area contributed by atoms with Crippen molar-refractivity contribution in [2.24, 2.45) is 0 Å². The summed E-state index contributed by atoms with van der Waals surface area (Å²) < 4.78 is 12.5. The molecule has 1 unspecified atom stereocenters. The number of carbonyl (C=O) groups excluding carboxylic acids is 1. The van der Waals surface area contributed by atoms with Gasteiger partial charge in [-0.05, 0) is 6.42 Å². The number of halogens is 1. The van der Waals surface area contributed by atoms with Crippen molar-refractivity contribution in [3.05, 3.63) is 0 Å². The van der Waals surface area contributed by atoms with E-state index in [1.807, 2.05) is 6.92 Å². The molecule has 2 nitrogen and oxygen atoms in total. The van der Waals surface area contributed by atoms with Gasteiger partial charge in [0.1, 0.15) is 0 Å². The smallest absolute Gasteiger partial charge is 0.229 e. The van der Waals surface area contributed by atoms with Crippen LogP contribution in [0.25, 0.3) is 0 Å². The van der Waals surface area contributed by atoms with E-state index in [1.54, 1.807) is 0 Å². The zero-order valence-corrected chi connectivity index (χ0v) is 6.14. The number of hydrogen-bond donors (Lipinski definition) is 0. The number of likely N-dealkylation sites (tertiary alicyclic amines) is 1. The summed E-state index contributed by atoms with van der Waals surface area (Å²) in [5, 5.41) is 0. The molecule has 1 fully saturated rings. The molecule has 1 aliphatic rings. The molecule has 1 rings (SSSR count). The van der Waals surface area contributed by atoms with Crippen molar-refractivity contribution in [2.75, 3.05) is 6.54 Å². The molecule has 1 aliphatic heterocycles. The number of amides is 1. The Morgan fingerprint density at radius 2 is 2.50 bits per heavy atom. The van der Waals surface area contributed by atoms with Crippen molar-refractivity contribution >= 4 is 5.91 Å². The molecular weight excluding hydrogens is 133 g/mol. The summed E-state index contributed by atoms with van der Waals surface area (Å²) >= 11 is 0. The second-order valence-electron chi connectivity index (χ2n) is 2.58. The second kappa shape index (κ2) is 2.99. The Morgan fingerprint density at radius 1 is 1.80 bits per heavy atom. The lowest BCUT2D eigenvalue weighted by Crippen LogP contribution is -2.50. The molecule has 0 spiro atoms. The van der Waals surface area contributed by atoms with Crippen molar-refractivity contribution in [1.29, 1.82) is 0 Å². The molecule has 0 radical (unpaired) electrons. The number of hydrogen-bond acceptors (Lipinski definition) is 1. The quantitative estimate of drug-likeness (QED) is 0.433. The molecule has 1 heterocycles. The molecule has 0 bridgehead atoms. The molecule has 0 N–H and O–H groups in total. The predicted molar refractivity (Wildman–Crippen MR) is 36.1 cm³/mol. The van der Waals surface area contributed by atoms with Gasteiger partial charge in [0.15, 0.2) is 6.30 Å². The number of alkyl halides is 1. The van der Waals surface area contributed by atoms with Crippen LogP contribution in [0.2, 0.25) is 0 Å². The van der Waals surface area contributed by atoms with Crippen molar-refractivity contribution in [2.45, 2.75) is 32.5 Å². The highest BCUT2D eigenvalue weighted by Crippen LogP contribution is 2.20. The molecule has 0 aliphatic carbocycles. The van der Waals surface area contributed by atoms with E-state index in [9.17, 15) is 9.18 Å². The van der Waals surface area contributed by atoms with Gasteiger partial charge in [-0.3, -0.25) is 4.79 Å². The summed E-state index contributed by atoms with van der Waals surface area (Å²) in [6.45, 7) is 2.62. The van der Waals surface area contributed by atoms with E-state index in [0.717, 1.165) is 12.8 Å². The number of nitrogens with zero attached hydrogens (tertiary/aromatic N) is 1. The van der Waals surface area contributed by atoms with Gasteiger partial charge < -0.3 is 4.90 Å². The van der Waals surface area contributed by atoms with E-state index in [-0.39, 0.29) is 12.3 Å². The first-order valence-electron chi connectivity index (χ1n) is 3.69. The van der Waals surface area contributed by atoms with E-state index in [2.05, 4.69) is 0 Å². The molecule has 0 aromatic carbocycles. The molecule has 1 atom stereocenters. The van der Waals surface area contributed by atoms with Gasteiger partial charge in [0.25, 0.3) is 0 Å². The maximum absolute atomic E-state index is 12.5. The van der Waals surface area contributed by atoms with E-state index in [4.69, 9.17) is 0 Å². The fourth-order valence-electron chi connectivity index (χ4n) is 1.01. The van der Waals surface area contributed by atoms with Crippen LogP contribution in [-0.2, 0) is 4.79 Å². The van der Waals surface area contributed by atoms with Crippen molar-refractivity contribution in [1.82, 2.24) is 4.90 Å². The van der Waals surface area contributed by atoms with E-state index in [0.29, 0.717) is 6.54 Å². The van der Waals surface area contributed by atoms with Gasteiger partial charge in [-0.15, -0.1) is 0 Å². The lowest BCUT2D eigenvalue weighted by atomic mass is 10.1. The van der Waals surface area contributed by atoms with E-state index < -0.39 is 6.30 Å². The fraction of sp³-hybridized carbons (Fsp3) is 0.857. The third-order valence-corrected chi connectivity index (χ3v) is 1.75. The minimum atomic E-state index is -0.987. The Hall–Kier alpha value is -0.600. The Bertz CT molecular complexity index is 138. The highest BCUT2D eigenvalue weighted by Gasteiger charge is 2.34. The average Bonchev–Trinajstić information content (AvgIpc) is 1.89. The maximum Gasteiger partial charge on any atom is 0.229 e.